The van der Waals surface area contributed by atoms with Crippen LogP contribution in [0, 0.1) is 34.9 Å². The molecule has 3 N–H and O–H groups in total. The van der Waals surface area contributed by atoms with Crippen molar-refractivity contribution in [2.45, 2.75) is 102 Å². The number of nitrogens with zero attached hydrogens (tertiary/aromatic N) is 10. The number of aliphatic imine (C=N–C) groups is 1. The number of anilines is 3. The summed E-state index contributed by atoms with van der Waals surface area (Å²) in [6, 6.07) is 35.7. The van der Waals surface area contributed by atoms with Gasteiger partial charge in [0.05, 0.1) is 70.9 Å². The first-order chi connectivity index (χ1) is 46.3. The summed E-state index contributed by atoms with van der Waals surface area (Å²) in [6.07, 6.45) is 27.7. The van der Waals surface area contributed by atoms with E-state index in [0.717, 1.165) is 123 Å². The van der Waals surface area contributed by atoms with Gasteiger partial charge in [0.1, 0.15) is 34.8 Å². The molecule has 0 atom stereocenters. The number of pyridine rings is 1. The van der Waals surface area contributed by atoms with Crippen molar-refractivity contribution in [3.05, 3.63) is 235 Å². The van der Waals surface area contributed by atoms with Gasteiger partial charge < -0.3 is 54.1 Å². The number of halogens is 6. The molecule has 3 aliphatic carbocycles. The van der Waals surface area contributed by atoms with E-state index >= 15 is 0 Å². The summed E-state index contributed by atoms with van der Waals surface area (Å²) in [5, 5.41) is 14.9. The molecule has 0 unspecified atom stereocenters. The Labute approximate surface area is 570 Å². The molecule has 17 nitrogen and oxygen atoms in total. The standard InChI is InChI=1S/C25H22F2N4O.C24H20F2N4O2.C23H19F2N5O.Na/c26-18-11-9-16(10-12-18)23-24(31(15-29-23)19-5-1-2-6-19)22-13-17(14-28-22)25(32)30-21-8-4-3-7-20(21)27;25-16-7-5-15(6-8-16)22-23(30(14-28-22)17-3-1-2-4-17)20-9-10-21(32-20)24(31)29-19-11-12-27-13-18(19)26;24-17-11-9-16(10-12-17)23-21(30(15-26-23)18-5-1-2-6-18)13-27-28-14-22(31)29-20-8-4-3-7-19(20)25;/h3-4,7-12,14-15,19H,1-2,5-6,13H2,(H,30,32);5-14,17H,1-4H2,(H,27,29,31);3-4,7-12,15,18H,1-2,5-6H2,(H,29,31);/q;;-2;+1. The van der Waals surface area contributed by atoms with Crippen molar-refractivity contribution in [1.29, 1.82) is 0 Å². The van der Waals surface area contributed by atoms with Crippen LogP contribution in [0.1, 0.15) is 124 Å². The number of furan rings is 1. The van der Waals surface area contributed by atoms with Crippen LogP contribution in [0.25, 0.3) is 45.2 Å². The molecule has 6 heterocycles. The zero-order valence-corrected chi connectivity index (χ0v) is 54.0. The monoisotopic (exact) mass is 1310 g/mol. The van der Waals surface area contributed by atoms with Gasteiger partial charge in [0.2, 0.25) is 0 Å². The minimum Gasteiger partial charge on any atom is -0.449 e. The van der Waals surface area contributed by atoms with Gasteiger partial charge in [-0.2, -0.15) is 0 Å². The molecular formula is C72H61F6N13NaO4-. The summed E-state index contributed by atoms with van der Waals surface area (Å²) in [5.41, 5.74) is 7.79. The number of aromatic nitrogens is 7. The Morgan fingerprint density at radius 3 is 1.52 bits per heavy atom. The van der Waals surface area contributed by atoms with E-state index < -0.39 is 29.3 Å². The molecular weight excluding hydrogens is 1250 g/mol. The second-order valence-electron chi connectivity index (χ2n) is 23.1. The molecule has 1 aliphatic heterocycles. The average Bonchev–Trinajstić information content (AvgIpc) is 1.63. The first-order valence-corrected chi connectivity index (χ1v) is 31.1. The van der Waals surface area contributed by atoms with Crippen molar-refractivity contribution < 1.29 is 74.7 Å². The van der Waals surface area contributed by atoms with Gasteiger partial charge in [-0.05, 0) is 142 Å². The van der Waals surface area contributed by atoms with E-state index in [4.69, 9.17) is 4.42 Å². The van der Waals surface area contributed by atoms with Crippen LogP contribution in [0.15, 0.2) is 202 Å². The second-order valence-corrected chi connectivity index (χ2v) is 23.1. The molecule has 482 valence electrons. The van der Waals surface area contributed by atoms with Gasteiger partial charge in [0.25, 0.3) is 11.8 Å². The molecule has 96 heavy (non-hydrogen) atoms. The molecule has 3 amide bonds. The Morgan fingerprint density at radius 1 is 0.500 bits per heavy atom. The molecule has 3 saturated carbocycles. The number of hydrogen-bond acceptors (Lipinski definition) is 11. The summed E-state index contributed by atoms with van der Waals surface area (Å²) in [7, 11) is 0. The Balaban J connectivity index is 0.000000146. The Morgan fingerprint density at radius 2 is 0.969 bits per heavy atom. The van der Waals surface area contributed by atoms with Crippen LogP contribution in [0.2, 0.25) is 0 Å². The maximum atomic E-state index is 13.9. The summed E-state index contributed by atoms with van der Waals surface area (Å²) in [5.74, 6) is -3.84. The molecule has 5 aromatic carbocycles. The van der Waals surface area contributed by atoms with Gasteiger partial charge in [0, 0.05) is 53.6 Å². The molecule has 0 saturated heterocycles. The minimum absolute atomic E-state index is 0. The van der Waals surface area contributed by atoms with Crippen LogP contribution in [-0.4, -0.2) is 69.5 Å². The molecule has 14 rings (SSSR count). The van der Waals surface area contributed by atoms with E-state index in [1.807, 2.05) is 10.9 Å². The van der Waals surface area contributed by atoms with E-state index in [1.165, 1.54) is 85.2 Å². The van der Waals surface area contributed by atoms with Crippen molar-refractivity contribution in [2.24, 2.45) is 15.2 Å². The smallest absolute Gasteiger partial charge is 0.449 e. The maximum absolute atomic E-state index is 13.9. The second kappa shape index (κ2) is 31.4. The number of amides is 3. The third kappa shape index (κ3) is 16.0. The summed E-state index contributed by atoms with van der Waals surface area (Å²) >= 11 is 0. The number of benzene rings is 5. The fourth-order valence-electron chi connectivity index (χ4n) is 12.1. The topological polar surface area (TPSA) is 204 Å². The summed E-state index contributed by atoms with van der Waals surface area (Å²) < 4.78 is 93.7. The Bertz CT molecular complexity index is 4500. The van der Waals surface area contributed by atoms with E-state index in [2.05, 4.69) is 72.6 Å². The number of rotatable bonds is 16. The zero-order valence-electron chi connectivity index (χ0n) is 52.0. The fraction of sp³-hybridized carbons (Fsp3) is 0.222. The summed E-state index contributed by atoms with van der Waals surface area (Å²) in [6.45, 7) is 0. The maximum Gasteiger partial charge on any atom is 1.00 e. The predicted octanol–water partition coefficient (Wildman–Crippen LogP) is 13.3. The molecule has 0 radical (unpaired) electrons. The van der Waals surface area contributed by atoms with Crippen LogP contribution in [0.4, 0.5) is 43.4 Å². The van der Waals surface area contributed by atoms with Crippen LogP contribution in [0.5, 0.6) is 0 Å². The number of hydrogen-bond donors (Lipinski definition) is 3. The largest absolute Gasteiger partial charge is 1.00 e. The molecule has 10 aromatic rings. The average molecular weight is 1310 g/mol. The zero-order chi connectivity index (χ0) is 65.8. The van der Waals surface area contributed by atoms with Crippen LogP contribution >= 0.6 is 0 Å². The van der Waals surface area contributed by atoms with E-state index in [0.29, 0.717) is 40.9 Å². The van der Waals surface area contributed by atoms with Gasteiger partial charge in [0.15, 0.2) is 17.3 Å². The predicted molar refractivity (Wildman–Crippen MR) is 348 cm³/mol. The minimum atomic E-state index is -0.737. The molecule has 0 bridgehead atoms. The van der Waals surface area contributed by atoms with Gasteiger partial charge >= 0.3 is 29.6 Å². The van der Waals surface area contributed by atoms with Crippen LogP contribution in [0.3, 0.4) is 0 Å². The quantitative estimate of drug-likeness (QED) is 0.0278. The van der Waals surface area contributed by atoms with E-state index in [1.54, 1.807) is 79.4 Å². The SMILES string of the molecule is O=C(Nc1ccccc1F)C1=CN=C(c2c(-c3ccc(F)cc3)ncn2C2CCCC2)C1.O=C(Nc1ccncc1F)c1ccc(-c2c(-c3ccc(F)cc3)ncn2C2CCCC2)o1.O=C([C-]=NN=[C-]c1c(-c2ccc(F)cc2)ncn1C1CCCC1)Nc1ccccc1F.[Na+]. The Hall–Kier alpha value is -10.1. The van der Waals surface area contributed by atoms with Crippen molar-refractivity contribution in [3.63, 3.8) is 0 Å². The third-order valence-corrected chi connectivity index (χ3v) is 16.9. The normalized spacial score (nSPS) is 14.8. The first kappa shape index (κ1) is 67.3. The fourth-order valence-corrected chi connectivity index (χ4v) is 12.1. The van der Waals surface area contributed by atoms with E-state index in [9.17, 15) is 40.7 Å². The summed E-state index contributed by atoms with van der Waals surface area (Å²) in [4.78, 5) is 59.2. The molecule has 0 spiro atoms. The van der Waals surface area contributed by atoms with Gasteiger partial charge in [-0.3, -0.25) is 25.8 Å². The van der Waals surface area contributed by atoms with E-state index in [-0.39, 0.29) is 87.8 Å². The molecule has 4 aliphatic rings. The van der Waals surface area contributed by atoms with Crippen molar-refractivity contribution in [2.75, 3.05) is 16.0 Å². The van der Waals surface area contributed by atoms with Gasteiger partial charge in [-0.1, -0.05) is 98.1 Å². The van der Waals surface area contributed by atoms with Crippen molar-refractivity contribution in [1.82, 2.24) is 33.6 Å². The number of nitrogens with one attached hydrogen (secondary N) is 3. The number of imidazole rings is 3. The first-order valence-electron chi connectivity index (χ1n) is 31.1. The molecule has 24 heteroatoms. The van der Waals surface area contributed by atoms with Crippen molar-refractivity contribution >= 4 is 52.9 Å². The number of carbonyl (C=O) groups excluding carboxylic acids is 3. The van der Waals surface area contributed by atoms with Crippen LogP contribution in [-0.2, 0) is 9.59 Å². The molecule has 5 aromatic heterocycles. The van der Waals surface area contributed by atoms with Gasteiger partial charge in [-0.15, -0.1) is 0 Å². The van der Waals surface area contributed by atoms with Gasteiger partial charge in [-0.25, -0.2) is 36.3 Å². The molecule has 3 fully saturated rings. The third-order valence-electron chi connectivity index (χ3n) is 16.9. The van der Waals surface area contributed by atoms with Crippen LogP contribution < -0.4 is 45.5 Å². The Kier molecular flexibility index (Phi) is 22.0. The van der Waals surface area contributed by atoms with Crippen molar-refractivity contribution in [3.8, 4) is 45.2 Å². The number of carbonyl (C=O) groups is 3. The number of para-hydroxylation sites is 2.